The summed E-state index contributed by atoms with van der Waals surface area (Å²) >= 11 is 0.644. The third-order valence-corrected chi connectivity index (χ3v) is 1.55. The third-order valence-electron chi connectivity index (χ3n) is 0.845. The van der Waals surface area contributed by atoms with Gasteiger partial charge in [-0.2, -0.15) is 0 Å². The molecule has 0 heterocycles. The first-order valence-electron chi connectivity index (χ1n) is 2.35. The summed E-state index contributed by atoms with van der Waals surface area (Å²) in [6.45, 7) is 5.68. The van der Waals surface area contributed by atoms with Gasteiger partial charge in [-0.25, -0.2) is 0 Å². The van der Waals surface area contributed by atoms with E-state index >= 15 is 0 Å². The Hall–Kier alpha value is 0.0200. The Morgan fingerprint density at radius 1 is 1.86 bits per heavy atom. The highest BCUT2D eigenvalue weighted by molar-refractivity contribution is 7.65. The maximum Gasteiger partial charge on any atom is 0.458 e. The molecule has 0 aliphatic heterocycles. The first-order chi connectivity index (χ1) is 3.31. The molecule has 7 heavy (non-hydrogen) atoms. The molecule has 0 aromatic heterocycles. The quantitative estimate of drug-likeness (QED) is 0.510. The van der Waals surface area contributed by atoms with Crippen LogP contribution in [0.3, 0.4) is 0 Å². The lowest BCUT2D eigenvalue weighted by atomic mass is 10.2. The van der Waals surface area contributed by atoms with Crippen molar-refractivity contribution in [3.63, 3.8) is 0 Å². The minimum absolute atomic E-state index is 0.488. The molecular formula is C5H10OS+. The van der Waals surface area contributed by atoms with E-state index in [1.807, 2.05) is 6.92 Å². The Kier molecular flexibility index (Phi) is 4.20. The maximum atomic E-state index is 9.79. The van der Waals surface area contributed by atoms with Crippen LogP contribution < -0.4 is 0 Å². The highest BCUT2D eigenvalue weighted by Crippen LogP contribution is 1.96. The summed E-state index contributed by atoms with van der Waals surface area (Å²) in [4.78, 5) is 0. The predicted octanol–water partition coefficient (Wildman–Crippen LogP) is 1.27. The zero-order chi connectivity index (χ0) is 5.70. The summed E-state index contributed by atoms with van der Waals surface area (Å²) in [6.07, 6.45) is 0.870. The van der Waals surface area contributed by atoms with E-state index < -0.39 is 0 Å². The molecule has 0 aromatic rings. The lowest BCUT2D eigenvalue weighted by Crippen LogP contribution is -1.96. The SMILES string of the molecule is [CH2]CC(C)C[S+]=O. The van der Waals surface area contributed by atoms with Gasteiger partial charge < -0.3 is 0 Å². The van der Waals surface area contributed by atoms with Gasteiger partial charge in [-0.05, 0) is 6.42 Å². The van der Waals surface area contributed by atoms with E-state index in [4.69, 9.17) is 0 Å². The fourth-order valence-electron chi connectivity index (χ4n) is 0.199. The first kappa shape index (κ1) is 7.02. The van der Waals surface area contributed by atoms with Crippen LogP contribution in [0.25, 0.3) is 0 Å². The predicted molar refractivity (Wildman–Crippen MR) is 32.1 cm³/mol. The van der Waals surface area contributed by atoms with Crippen LogP contribution in [0.4, 0.5) is 0 Å². The second kappa shape index (κ2) is 4.19. The lowest BCUT2D eigenvalue weighted by Gasteiger charge is -1.90. The number of hydrogen-bond acceptors (Lipinski definition) is 1. The zero-order valence-corrected chi connectivity index (χ0v) is 5.33. The van der Waals surface area contributed by atoms with Crippen LogP contribution in [-0.4, -0.2) is 5.75 Å². The van der Waals surface area contributed by atoms with E-state index in [0.29, 0.717) is 23.3 Å². The first-order valence-corrected chi connectivity index (χ1v) is 3.26. The van der Waals surface area contributed by atoms with Crippen molar-refractivity contribution in [2.45, 2.75) is 13.3 Å². The van der Waals surface area contributed by atoms with Gasteiger partial charge in [-0.1, -0.05) is 13.8 Å². The molecule has 1 nitrogen and oxygen atoms in total. The largest absolute Gasteiger partial charge is 0.458 e. The molecule has 0 amide bonds. The third kappa shape index (κ3) is 3.86. The molecule has 0 aliphatic rings. The molecule has 1 unspecified atom stereocenters. The van der Waals surface area contributed by atoms with Gasteiger partial charge in [0, 0.05) is 10.1 Å². The summed E-state index contributed by atoms with van der Waals surface area (Å²) in [6, 6.07) is 0. The standard InChI is InChI=1S/C5H10OS/c1-3-5(2)4-7-6/h5H,1,3-4H2,2H3/q+1. The second-order valence-corrected chi connectivity index (χ2v) is 2.25. The van der Waals surface area contributed by atoms with Crippen molar-refractivity contribution in [1.82, 2.24) is 0 Å². The molecule has 0 aliphatic carbocycles. The van der Waals surface area contributed by atoms with Gasteiger partial charge in [-0.15, -0.1) is 0 Å². The van der Waals surface area contributed by atoms with Gasteiger partial charge in [0.15, 0.2) is 0 Å². The van der Waals surface area contributed by atoms with Gasteiger partial charge in [-0.3, -0.25) is 0 Å². The number of rotatable bonds is 3. The molecule has 0 aromatic carbocycles. The second-order valence-electron chi connectivity index (χ2n) is 1.68. The van der Waals surface area contributed by atoms with Crippen molar-refractivity contribution >= 4 is 11.7 Å². The van der Waals surface area contributed by atoms with E-state index in [0.717, 1.165) is 6.42 Å². The molecule has 0 spiro atoms. The minimum atomic E-state index is 0.488. The molecule has 0 saturated heterocycles. The Morgan fingerprint density at radius 2 is 2.43 bits per heavy atom. The molecular weight excluding hydrogens is 108 g/mol. The highest BCUT2D eigenvalue weighted by Gasteiger charge is 2.05. The van der Waals surface area contributed by atoms with E-state index in [1.165, 1.54) is 0 Å². The van der Waals surface area contributed by atoms with E-state index in [2.05, 4.69) is 6.92 Å². The molecule has 0 N–H and O–H groups in total. The average Bonchev–Trinajstić information content (AvgIpc) is 1.68. The van der Waals surface area contributed by atoms with Crippen molar-refractivity contribution < 1.29 is 4.21 Å². The average molecular weight is 118 g/mol. The van der Waals surface area contributed by atoms with Crippen molar-refractivity contribution in [2.75, 3.05) is 5.75 Å². The van der Waals surface area contributed by atoms with Crippen LogP contribution in [0.1, 0.15) is 13.3 Å². The topological polar surface area (TPSA) is 17.1 Å². The van der Waals surface area contributed by atoms with E-state index in [9.17, 15) is 4.21 Å². The normalized spacial score (nSPS) is 13.4. The van der Waals surface area contributed by atoms with Crippen LogP contribution in [0.15, 0.2) is 0 Å². The Labute approximate surface area is 48.6 Å². The monoisotopic (exact) mass is 118 g/mol. The van der Waals surface area contributed by atoms with Gasteiger partial charge >= 0.3 is 11.7 Å². The lowest BCUT2D eigenvalue weighted by molar-refractivity contribution is 0.592. The fourth-order valence-corrected chi connectivity index (χ4v) is 0.598. The van der Waals surface area contributed by atoms with Crippen LogP contribution in [0.5, 0.6) is 0 Å². The summed E-state index contributed by atoms with van der Waals surface area (Å²) in [5.74, 6) is 1.19. The van der Waals surface area contributed by atoms with Gasteiger partial charge in [0.1, 0.15) is 0 Å². The van der Waals surface area contributed by atoms with Gasteiger partial charge in [0.05, 0.1) is 0 Å². The molecule has 2 heteroatoms. The van der Waals surface area contributed by atoms with Crippen LogP contribution >= 0.6 is 0 Å². The molecule has 1 radical (unpaired) electrons. The Morgan fingerprint density at radius 3 is 2.57 bits per heavy atom. The molecule has 0 fully saturated rings. The molecule has 1 atom stereocenters. The molecule has 0 rings (SSSR count). The van der Waals surface area contributed by atoms with E-state index in [1.54, 1.807) is 0 Å². The summed E-state index contributed by atoms with van der Waals surface area (Å²) < 4.78 is 9.79. The van der Waals surface area contributed by atoms with Gasteiger partial charge in [0.25, 0.3) is 0 Å². The summed E-state index contributed by atoms with van der Waals surface area (Å²) in [5.41, 5.74) is 0. The van der Waals surface area contributed by atoms with Crippen molar-refractivity contribution in [1.29, 1.82) is 0 Å². The van der Waals surface area contributed by atoms with Gasteiger partial charge in [0.2, 0.25) is 5.75 Å². The fraction of sp³-hybridized carbons (Fsp3) is 0.800. The van der Waals surface area contributed by atoms with Crippen molar-refractivity contribution in [2.24, 2.45) is 5.92 Å². The molecule has 41 valence electrons. The highest BCUT2D eigenvalue weighted by atomic mass is 32.1. The maximum absolute atomic E-state index is 9.79. The Balaban J connectivity index is 2.98. The van der Waals surface area contributed by atoms with Crippen molar-refractivity contribution in [3.8, 4) is 0 Å². The minimum Gasteiger partial charge on any atom is -0.0572 e. The van der Waals surface area contributed by atoms with Crippen LogP contribution in [0, 0.1) is 12.8 Å². The Bertz CT molecular complexity index is 54.0. The van der Waals surface area contributed by atoms with Crippen LogP contribution in [0.2, 0.25) is 0 Å². The number of hydrogen-bond donors (Lipinski definition) is 0. The smallest absolute Gasteiger partial charge is 0.0572 e. The summed E-state index contributed by atoms with van der Waals surface area (Å²) in [7, 11) is 0. The summed E-state index contributed by atoms with van der Waals surface area (Å²) in [5, 5.41) is 0. The van der Waals surface area contributed by atoms with Crippen molar-refractivity contribution in [3.05, 3.63) is 6.92 Å². The zero-order valence-electron chi connectivity index (χ0n) is 4.52. The van der Waals surface area contributed by atoms with E-state index in [-0.39, 0.29) is 0 Å². The molecule has 0 bridgehead atoms. The van der Waals surface area contributed by atoms with Crippen LogP contribution in [-0.2, 0) is 15.9 Å². The molecule has 0 saturated carbocycles.